The van der Waals surface area contributed by atoms with Gasteiger partial charge >= 0.3 is 0 Å². The second kappa shape index (κ2) is 7.15. The zero-order valence-corrected chi connectivity index (χ0v) is 16.8. The summed E-state index contributed by atoms with van der Waals surface area (Å²) in [6, 6.07) is 0.611. The maximum atomic E-state index is 5.72. The molecular formula is C18H32N6O2. The van der Waals surface area contributed by atoms with Crippen molar-refractivity contribution < 1.29 is 9.47 Å². The fourth-order valence-electron chi connectivity index (χ4n) is 3.92. The molecule has 3 atom stereocenters. The number of aromatic nitrogens is 3. The Morgan fingerprint density at radius 2 is 2.08 bits per heavy atom. The van der Waals surface area contributed by atoms with Crippen LogP contribution in [0.15, 0.2) is 4.99 Å². The number of fused-ring (bicyclic) bond motifs is 1. The Kier molecular flexibility index (Phi) is 5.25. The summed E-state index contributed by atoms with van der Waals surface area (Å²) < 4.78 is 12.8. The van der Waals surface area contributed by atoms with Gasteiger partial charge in [0.05, 0.1) is 12.1 Å². The van der Waals surface area contributed by atoms with Gasteiger partial charge < -0.3 is 20.1 Å². The van der Waals surface area contributed by atoms with Gasteiger partial charge in [0, 0.05) is 45.2 Å². The number of nitrogens with one attached hydrogen (secondary N) is 2. The van der Waals surface area contributed by atoms with E-state index in [2.05, 4.69) is 46.5 Å². The van der Waals surface area contributed by atoms with Crippen LogP contribution in [-0.4, -0.2) is 59.7 Å². The number of guanidine groups is 1. The smallest absolute Gasteiger partial charge is 0.191 e. The lowest BCUT2D eigenvalue weighted by Crippen LogP contribution is -2.69. The summed E-state index contributed by atoms with van der Waals surface area (Å²) in [6.07, 6.45) is 2.88. The summed E-state index contributed by atoms with van der Waals surface area (Å²) in [6.45, 7) is 7.90. The van der Waals surface area contributed by atoms with Gasteiger partial charge in [0.25, 0.3) is 0 Å². The molecule has 2 aliphatic rings. The SMILES string of the molecule is CN=C(NC1CCc2nc(COC)nn2C1)NC1CC(C)(OC)C1(C)C. The van der Waals surface area contributed by atoms with Crippen LogP contribution in [0, 0.1) is 5.41 Å². The van der Waals surface area contributed by atoms with E-state index in [1.54, 1.807) is 14.2 Å². The van der Waals surface area contributed by atoms with Crippen LogP contribution in [0.4, 0.5) is 0 Å². The van der Waals surface area contributed by atoms with Crippen LogP contribution in [0.3, 0.4) is 0 Å². The zero-order chi connectivity index (χ0) is 18.9. The van der Waals surface area contributed by atoms with E-state index < -0.39 is 0 Å². The third kappa shape index (κ3) is 3.32. The predicted molar refractivity (Wildman–Crippen MR) is 100 cm³/mol. The molecule has 1 aromatic rings. The Morgan fingerprint density at radius 3 is 2.69 bits per heavy atom. The lowest BCUT2D eigenvalue weighted by atomic mass is 9.56. The summed E-state index contributed by atoms with van der Waals surface area (Å²) in [5, 5.41) is 11.7. The third-order valence-corrected chi connectivity index (χ3v) is 6.33. The Morgan fingerprint density at radius 1 is 1.31 bits per heavy atom. The summed E-state index contributed by atoms with van der Waals surface area (Å²) in [5.41, 5.74) is -0.0538. The largest absolute Gasteiger partial charge is 0.378 e. The number of ether oxygens (including phenoxy) is 2. The molecule has 0 radical (unpaired) electrons. The van der Waals surface area contributed by atoms with Crippen LogP contribution in [0.5, 0.6) is 0 Å². The van der Waals surface area contributed by atoms with Gasteiger partial charge in [0.2, 0.25) is 0 Å². The van der Waals surface area contributed by atoms with E-state index in [9.17, 15) is 0 Å². The lowest BCUT2D eigenvalue weighted by Gasteiger charge is -2.59. The van der Waals surface area contributed by atoms with Gasteiger partial charge in [-0.3, -0.25) is 4.99 Å². The van der Waals surface area contributed by atoms with Gasteiger partial charge in [0.1, 0.15) is 12.4 Å². The molecule has 0 amide bonds. The van der Waals surface area contributed by atoms with Crippen molar-refractivity contribution in [3.63, 3.8) is 0 Å². The van der Waals surface area contributed by atoms with Crippen LogP contribution in [-0.2, 0) is 29.0 Å². The van der Waals surface area contributed by atoms with E-state index >= 15 is 0 Å². The van der Waals surface area contributed by atoms with Crippen molar-refractivity contribution in [1.29, 1.82) is 0 Å². The first-order chi connectivity index (χ1) is 12.3. The molecule has 3 unspecified atom stereocenters. The number of aliphatic imine (C=N–C) groups is 1. The van der Waals surface area contributed by atoms with Crippen molar-refractivity contribution in [2.45, 2.75) is 70.9 Å². The Bertz CT molecular complexity index is 671. The molecule has 0 saturated heterocycles. The molecule has 1 aliphatic carbocycles. The van der Waals surface area contributed by atoms with E-state index in [4.69, 9.17) is 9.47 Å². The third-order valence-electron chi connectivity index (χ3n) is 6.33. The summed E-state index contributed by atoms with van der Waals surface area (Å²) in [5.74, 6) is 2.63. The minimum atomic E-state index is -0.0955. The van der Waals surface area contributed by atoms with E-state index in [1.807, 2.05) is 11.7 Å². The highest BCUT2D eigenvalue weighted by molar-refractivity contribution is 5.80. The molecule has 2 N–H and O–H groups in total. The normalized spacial score (nSPS) is 30.5. The molecule has 1 aliphatic heterocycles. The van der Waals surface area contributed by atoms with Crippen LogP contribution >= 0.6 is 0 Å². The first-order valence-corrected chi connectivity index (χ1v) is 9.29. The highest BCUT2D eigenvalue weighted by atomic mass is 16.5. The predicted octanol–water partition coefficient (Wildman–Crippen LogP) is 1.11. The topological polar surface area (TPSA) is 85.6 Å². The maximum Gasteiger partial charge on any atom is 0.191 e. The van der Waals surface area contributed by atoms with Crippen molar-refractivity contribution in [3.8, 4) is 0 Å². The molecule has 0 bridgehead atoms. The minimum Gasteiger partial charge on any atom is -0.378 e. The molecule has 146 valence electrons. The first-order valence-electron chi connectivity index (χ1n) is 9.29. The van der Waals surface area contributed by atoms with Crippen molar-refractivity contribution in [3.05, 3.63) is 11.6 Å². The van der Waals surface area contributed by atoms with Gasteiger partial charge in [-0.2, -0.15) is 5.10 Å². The lowest BCUT2D eigenvalue weighted by molar-refractivity contribution is -0.176. The number of aryl methyl sites for hydroxylation is 1. The fourth-order valence-corrected chi connectivity index (χ4v) is 3.92. The van der Waals surface area contributed by atoms with Crippen molar-refractivity contribution in [2.75, 3.05) is 21.3 Å². The molecule has 0 spiro atoms. The van der Waals surface area contributed by atoms with Gasteiger partial charge in [-0.05, 0) is 19.8 Å². The van der Waals surface area contributed by atoms with E-state index in [1.165, 1.54) is 0 Å². The van der Waals surface area contributed by atoms with Crippen LogP contribution in [0.25, 0.3) is 0 Å². The number of nitrogens with zero attached hydrogens (tertiary/aromatic N) is 4. The molecule has 3 rings (SSSR count). The van der Waals surface area contributed by atoms with E-state index in [0.29, 0.717) is 12.6 Å². The molecule has 1 fully saturated rings. The standard InChI is InChI=1S/C18H32N6O2/c1-17(2)13(9-18(17,3)26-6)21-16(19-4)20-12-7-8-15-22-14(11-25-5)23-24(15)10-12/h12-13H,7-11H2,1-6H3,(H2,19,20,21). The van der Waals surface area contributed by atoms with Crippen molar-refractivity contribution >= 4 is 5.96 Å². The fraction of sp³-hybridized carbons (Fsp3) is 0.833. The average Bonchev–Trinajstić information content (AvgIpc) is 3.02. The van der Waals surface area contributed by atoms with Gasteiger partial charge in [-0.25, -0.2) is 9.67 Å². The average molecular weight is 364 g/mol. The van der Waals surface area contributed by atoms with Crippen molar-refractivity contribution in [1.82, 2.24) is 25.4 Å². The first kappa shape index (κ1) is 19.1. The molecule has 2 heterocycles. The number of hydrogen-bond donors (Lipinski definition) is 2. The highest BCUT2D eigenvalue weighted by Crippen LogP contribution is 2.51. The second-order valence-corrected chi connectivity index (χ2v) is 8.07. The number of rotatable bonds is 5. The van der Waals surface area contributed by atoms with Crippen LogP contribution in [0.1, 0.15) is 45.3 Å². The Hall–Kier alpha value is -1.67. The molecular weight excluding hydrogens is 332 g/mol. The van der Waals surface area contributed by atoms with E-state index in [-0.39, 0.29) is 17.1 Å². The number of methoxy groups -OCH3 is 2. The van der Waals surface area contributed by atoms with Gasteiger partial charge in [-0.1, -0.05) is 13.8 Å². The van der Waals surface area contributed by atoms with Crippen molar-refractivity contribution in [2.24, 2.45) is 10.4 Å². The maximum absolute atomic E-state index is 5.72. The Labute approximate surface area is 155 Å². The zero-order valence-electron chi connectivity index (χ0n) is 16.8. The number of hydrogen-bond acceptors (Lipinski definition) is 5. The summed E-state index contributed by atoms with van der Waals surface area (Å²) >= 11 is 0. The second-order valence-electron chi connectivity index (χ2n) is 8.07. The monoisotopic (exact) mass is 364 g/mol. The van der Waals surface area contributed by atoms with Crippen LogP contribution < -0.4 is 10.6 Å². The summed E-state index contributed by atoms with van der Waals surface area (Å²) in [7, 11) is 5.27. The molecule has 8 nitrogen and oxygen atoms in total. The molecule has 8 heteroatoms. The van der Waals surface area contributed by atoms with Crippen LogP contribution in [0.2, 0.25) is 0 Å². The minimum absolute atomic E-state index is 0.0417. The van der Waals surface area contributed by atoms with E-state index in [0.717, 1.165) is 43.4 Å². The Balaban J connectivity index is 1.58. The molecule has 1 saturated carbocycles. The molecule has 0 aromatic carbocycles. The molecule has 1 aromatic heterocycles. The highest BCUT2D eigenvalue weighted by Gasteiger charge is 2.58. The summed E-state index contributed by atoms with van der Waals surface area (Å²) in [4.78, 5) is 8.95. The van der Waals surface area contributed by atoms with Gasteiger partial charge in [-0.15, -0.1) is 0 Å². The van der Waals surface area contributed by atoms with Gasteiger partial charge in [0.15, 0.2) is 11.8 Å². The molecule has 26 heavy (non-hydrogen) atoms. The quantitative estimate of drug-likeness (QED) is 0.601.